The summed E-state index contributed by atoms with van der Waals surface area (Å²) in [6.07, 6.45) is -6.05. The first-order valence-corrected chi connectivity index (χ1v) is 13.5. The van der Waals surface area contributed by atoms with Crippen LogP contribution in [0.4, 0.5) is 49.1 Å². The fourth-order valence-corrected chi connectivity index (χ4v) is 5.30. The van der Waals surface area contributed by atoms with Gasteiger partial charge in [0.25, 0.3) is 5.69 Å². The lowest BCUT2D eigenvalue weighted by Crippen LogP contribution is -2.44. The molecule has 15 heteroatoms. The van der Waals surface area contributed by atoms with E-state index in [0.717, 1.165) is 18.2 Å². The summed E-state index contributed by atoms with van der Waals surface area (Å²) in [6, 6.07) is 6.27. The molecule has 1 saturated heterocycles. The van der Waals surface area contributed by atoms with Gasteiger partial charge in [0.15, 0.2) is 0 Å². The number of carbonyl (C=O) groups is 1. The Hall–Kier alpha value is -3.75. The number of carbonyl (C=O) groups excluding carboxylic acids is 1. The van der Waals surface area contributed by atoms with Crippen LogP contribution in [0.2, 0.25) is 0 Å². The molecule has 2 aromatic carbocycles. The van der Waals surface area contributed by atoms with Crippen LogP contribution in [0.3, 0.4) is 0 Å². The molecule has 230 valence electrons. The molecule has 42 heavy (non-hydrogen) atoms. The van der Waals surface area contributed by atoms with Gasteiger partial charge in [0.2, 0.25) is 5.91 Å². The Morgan fingerprint density at radius 1 is 0.881 bits per heavy atom. The monoisotopic (exact) mass is 603 g/mol. The van der Waals surface area contributed by atoms with E-state index in [2.05, 4.69) is 10.6 Å². The van der Waals surface area contributed by atoms with Gasteiger partial charge in [0.05, 0.1) is 16.6 Å². The van der Waals surface area contributed by atoms with Crippen molar-refractivity contribution in [3.05, 3.63) is 57.6 Å². The van der Waals surface area contributed by atoms with Gasteiger partial charge in [0, 0.05) is 48.3 Å². The summed E-state index contributed by atoms with van der Waals surface area (Å²) in [5.74, 6) is -0.204. The standard InChI is InChI=1S/C27H31F6N5O4/c28-26(29,30)21-13-18(3-7-23(21)34)35-16-1-5-20(6-2-16)42-15-25(39)37-11-9-17(10-12-37)36-19-4-8-24(38(40)41)22(14-19)27(31,32)33/h3-4,7-8,13-14,16-17,20,35-36H,1-2,5-6,9-12,15,34H2. The van der Waals surface area contributed by atoms with Crippen LogP contribution in [0.25, 0.3) is 0 Å². The largest absolute Gasteiger partial charge is 0.423 e. The van der Waals surface area contributed by atoms with E-state index in [1.54, 1.807) is 4.90 Å². The molecule has 4 N–H and O–H groups in total. The van der Waals surface area contributed by atoms with Crippen molar-refractivity contribution in [2.24, 2.45) is 0 Å². The number of hydrogen-bond acceptors (Lipinski definition) is 7. The number of nitrogens with zero attached hydrogens (tertiary/aromatic N) is 2. The van der Waals surface area contributed by atoms with Gasteiger partial charge < -0.3 is 26.0 Å². The lowest BCUT2D eigenvalue weighted by molar-refractivity contribution is -0.388. The van der Waals surface area contributed by atoms with Gasteiger partial charge in [-0.05, 0) is 68.9 Å². The fourth-order valence-electron chi connectivity index (χ4n) is 5.30. The van der Waals surface area contributed by atoms with Gasteiger partial charge >= 0.3 is 12.4 Å². The maximum Gasteiger partial charge on any atom is 0.423 e. The lowest BCUT2D eigenvalue weighted by Gasteiger charge is -2.34. The van der Waals surface area contributed by atoms with Crippen molar-refractivity contribution in [2.45, 2.75) is 69.1 Å². The minimum Gasteiger partial charge on any atom is -0.398 e. The summed E-state index contributed by atoms with van der Waals surface area (Å²) in [5, 5.41) is 17.0. The first kappa shape index (κ1) is 31.2. The zero-order valence-electron chi connectivity index (χ0n) is 22.4. The summed E-state index contributed by atoms with van der Waals surface area (Å²) < 4.78 is 84.9. The number of benzene rings is 2. The van der Waals surface area contributed by atoms with E-state index in [1.807, 2.05) is 0 Å². The van der Waals surface area contributed by atoms with Gasteiger partial charge in [-0.15, -0.1) is 0 Å². The van der Waals surface area contributed by atoms with E-state index >= 15 is 0 Å². The zero-order valence-corrected chi connectivity index (χ0v) is 22.4. The molecule has 0 radical (unpaired) electrons. The smallest absolute Gasteiger partial charge is 0.398 e. The van der Waals surface area contributed by atoms with Crippen LogP contribution in [0.5, 0.6) is 0 Å². The molecular weight excluding hydrogens is 572 g/mol. The summed E-state index contributed by atoms with van der Waals surface area (Å²) >= 11 is 0. The number of piperidine rings is 1. The third-order valence-electron chi connectivity index (χ3n) is 7.56. The number of nitro groups is 1. The van der Waals surface area contributed by atoms with E-state index in [-0.39, 0.29) is 42.1 Å². The van der Waals surface area contributed by atoms with Gasteiger partial charge in [-0.3, -0.25) is 14.9 Å². The zero-order chi connectivity index (χ0) is 30.7. The molecule has 1 saturated carbocycles. The third-order valence-corrected chi connectivity index (χ3v) is 7.56. The molecule has 4 rings (SSSR count). The number of nitrogens with one attached hydrogen (secondary N) is 2. The Labute approximate surface area is 237 Å². The molecule has 0 unspecified atom stereocenters. The van der Waals surface area contributed by atoms with Crippen LogP contribution in [-0.4, -0.2) is 53.6 Å². The summed E-state index contributed by atoms with van der Waals surface area (Å²) in [4.78, 5) is 24.2. The quantitative estimate of drug-likeness (QED) is 0.145. The molecule has 1 heterocycles. The van der Waals surface area contributed by atoms with Crippen LogP contribution < -0.4 is 16.4 Å². The average Bonchev–Trinajstić information content (AvgIpc) is 2.92. The molecule has 0 spiro atoms. The summed E-state index contributed by atoms with van der Waals surface area (Å²) in [6.45, 7) is 0.624. The van der Waals surface area contributed by atoms with E-state index in [9.17, 15) is 41.3 Å². The Bertz CT molecular complexity index is 1270. The molecule has 1 aliphatic carbocycles. The highest BCUT2D eigenvalue weighted by Gasteiger charge is 2.39. The number of amides is 1. The second-order valence-corrected chi connectivity index (χ2v) is 10.5. The molecule has 1 amide bonds. The van der Waals surface area contributed by atoms with Gasteiger partial charge in [-0.1, -0.05) is 0 Å². The van der Waals surface area contributed by atoms with Crippen LogP contribution in [0.1, 0.15) is 49.7 Å². The second kappa shape index (κ2) is 12.6. The molecular formula is C27H31F6N5O4. The number of nitrogen functional groups attached to an aromatic ring is 1. The number of anilines is 3. The number of alkyl halides is 6. The second-order valence-electron chi connectivity index (χ2n) is 10.5. The van der Waals surface area contributed by atoms with Crippen molar-refractivity contribution in [3.8, 4) is 0 Å². The Morgan fingerprint density at radius 3 is 1.95 bits per heavy atom. The van der Waals surface area contributed by atoms with Gasteiger partial charge in [-0.2, -0.15) is 26.3 Å². The first-order valence-electron chi connectivity index (χ1n) is 13.5. The number of nitrogens with two attached hydrogens (primary N) is 1. The first-order chi connectivity index (χ1) is 19.7. The Kier molecular flexibility index (Phi) is 9.38. The normalized spacial score (nSPS) is 20.3. The van der Waals surface area contributed by atoms with Crippen LogP contribution in [0.15, 0.2) is 36.4 Å². The minimum atomic E-state index is -4.87. The third kappa shape index (κ3) is 7.95. The summed E-state index contributed by atoms with van der Waals surface area (Å²) in [7, 11) is 0. The lowest BCUT2D eigenvalue weighted by atomic mass is 9.92. The number of hydrogen-bond donors (Lipinski definition) is 3. The molecule has 0 aromatic heterocycles. The molecule has 1 aliphatic heterocycles. The Morgan fingerprint density at radius 2 is 1.40 bits per heavy atom. The van der Waals surface area contributed by atoms with E-state index in [0.29, 0.717) is 57.3 Å². The molecule has 9 nitrogen and oxygen atoms in total. The molecule has 0 bridgehead atoms. The van der Waals surface area contributed by atoms with Crippen LogP contribution >= 0.6 is 0 Å². The van der Waals surface area contributed by atoms with Crippen LogP contribution in [-0.2, 0) is 21.9 Å². The maximum absolute atomic E-state index is 13.3. The highest BCUT2D eigenvalue weighted by Crippen LogP contribution is 2.38. The van der Waals surface area contributed by atoms with E-state index in [1.165, 1.54) is 18.2 Å². The Balaban J connectivity index is 1.19. The highest BCUT2D eigenvalue weighted by molar-refractivity contribution is 5.77. The highest BCUT2D eigenvalue weighted by atomic mass is 19.4. The SMILES string of the molecule is Nc1ccc(NC2CCC(OCC(=O)N3CCC(Nc4ccc([N+](=O)[O-])c(C(F)(F)F)c4)CC3)CC2)cc1C(F)(F)F. The molecule has 2 aliphatic rings. The van der Waals surface area contributed by atoms with Crippen molar-refractivity contribution in [1.82, 2.24) is 4.90 Å². The number of ether oxygens (including phenoxy) is 1. The molecule has 2 fully saturated rings. The topological polar surface area (TPSA) is 123 Å². The molecule has 2 aromatic rings. The van der Waals surface area contributed by atoms with Crippen molar-refractivity contribution in [3.63, 3.8) is 0 Å². The van der Waals surface area contributed by atoms with Crippen molar-refractivity contribution < 1.29 is 40.8 Å². The maximum atomic E-state index is 13.3. The minimum absolute atomic E-state index is 0.0419. The van der Waals surface area contributed by atoms with Gasteiger partial charge in [-0.25, -0.2) is 0 Å². The molecule has 0 atom stereocenters. The summed E-state index contributed by atoms with van der Waals surface area (Å²) in [5.41, 5.74) is 2.35. The van der Waals surface area contributed by atoms with Crippen molar-refractivity contribution >= 4 is 28.7 Å². The predicted molar refractivity (Wildman–Crippen MR) is 143 cm³/mol. The van der Waals surface area contributed by atoms with Crippen LogP contribution in [0, 0.1) is 10.1 Å². The van der Waals surface area contributed by atoms with Gasteiger partial charge in [0.1, 0.15) is 12.2 Å². The number of rotatable bonds is 8. The number of nitro benzene ring substituents is 1. The number of halogens is 6. The van der Waals surface area contributed by atoms with Crippen molar-refractivity contribution in [2.75, 3.05) is 36.1 Å². The fraction of sp³-hybridized carbons (Fsp3) is 0.519. The van der Waals surface area contributed by atoms with Crippen molar-refractivity contribution in [1.29, 1.82) is 0 Å². The van der Waals surface area contributed by atoms with E-state index < -0.39 is 34.1 Å². The number of likely N-dealkylation sites (tertiary alicyclic amines) is 1. The van der Waals surface area contributed by atoms with E-state index in [4.69, 9.17) is 10.5 Å². The predicted octanol–water partition coefficient (Wildman–Crippen LogP) is 6.06. The average molecular weight is 604 g/mol.